The third-order valence-corrected chi connectivity index (χ3v) is 14.2. The summed E-state index contributed by atoms with van der Waals surface area (Å²) in [6, 6.07) is 0. The van der Waals surface area contributed by atoms with Crippen molar-refractivity contribution in [1.82, 2.24) is 0 Å². The van der Waals surface area contributed by atoms with E-state index in [0.29, 0.717) is 17.4 Å². The topological polar surface area (TPSA) is 108 Å². The summed E-state index contributed by atoms with van der Waals surface area (Å²) in [5.41, 5.74) is 0. The number of nitrogens with zero attached hydrogens (tertiary/aromatic N) is 1. The SMILES string of the molecule is CC/C=C\C/C=C\C/C=C\C/C=C\C/C=C\C/C=C\C/C=C\CCCCCCCCCCCCCCCCCC(=O)OC(COC(=O)CCCCCCCCCCCCCCCCCCC)COC(OCC[N+](C)(C)C)C(=O)O. The predicted molar refractivity (Wildman–Crippen MR) is 336 cm³/mol. The lowest BCUT2D eigenvalue weighted by Crippen LogP contribution is -2.40. The Hall–Kier alpha value is -3.53. The van der Waals surface area contributed by atoms with Crippen LogP contribution in [-0.2, 0) is 33.3 Å². The van der Waals surface area contributed by atoms with E-state index >= 15 is 0 Å². The van der Waals surface area contributed by atoms with Gasteiger partial charge in [0, 0.05) is 12.8 Å². The number of rotatable bonds is 60. The molecule has 9 nitrogen and oxygen atoms in total. The largest absolute Gasteiger partial charge is 0.477 e. The van der Waals surface area contributed by atoms with E-state index in [1.165, 1.54) is 173 Å². The summed E-state index contributed by atoms with van der Waals surface area (Å²) in [6.07, 6.45) is 78.2. The third-order valence-electron chi connectivity index (χ3n) is 14.2. The van der Waals surface area contributed by atoms with Crippen molar-refractivity contribution < 1.29 is 42.9 Å². The molecule has 0 rings (SSSR count). The standard InChI is InChI=1S/C70H123NO8/c1-6-8-10-12-14-16-18-20-22-24-25-26-27-28-29-30-31-32-33-34-35-36-37-38-39-40-41-42-43-45-47-49-51-53-55-57-59-61-68(73)79-66(65-78-70(69(74)75)76-63-62-71(3,4)5)64-77-67(72)60-58-56-54-52-50-48-46-44-23-21-19-17-15-13-11-9-7-2/h8,10,14,16,20,22,25-26,28-29,31-32,34-35,66,70H,6-7,9,11-13,15,17-19,21,23-24,27,30,33,36-65H2,1-5H3/p+1/b10-8-,16-14-,22-20-,26-25-,29-28-,32-31-,35-34-. The van der Waals surface area contributed by atoms with E-state index in [1.807, 2.05) is 21.1 Å². The van der Waals surface area contributed by atoms with Gasteiger partial charge in [0.2, 0.25) is 0 Å². The van der Waals surface area contributed by atoms with Gasteiger partial charge >= 0.3 is 17.9 Å². The highest BCUT2D eigenvalue weighted by molar-refractivity contribution is 5.71. The highest BCUT2D eigenvalue weighted by Gasteiger charge is 2.25. The van der Waals surface area contributed by atoms with Gasteiger partial charge in [0.05, 0.1) is 34.4 Å². The number of ether oxygens (including phenoxy) is 4. The van der Waals surface area contributed by atoms with Crippen molar-refractivity contribution >= 4 is 17.9 Å². The van der Waals surface area contributed by atoms with Gasteiger partial charge in [-0.3, -0.25) is 9.59 Å². The summed E-state index contributed by atoms with van der Waals surface area (Å²) in [5, 5.41) is 9.72. The van der Waals surface area contributed by atoms with Crippen LogP contribution >= 0.6 is 0 Å². The zero-order valence-electron chi connectivity index (χ0n) is 52.0. The summed E-state index contributed by atoms with van der Waals surface area (Å²) in [4.78, 5) is 37.5. The number of likely N-dealkylation sites (N-methyl/N-ethyl adjacent to an activating group) is 1. The Balaban J connectivity index is 4.08. The molecule has 2 atom stereocenters. The van der Waals surface area contributed by atoms with Crippen LogP contribution in [0.15, 0.2) is 85.1 Å². The first-order valence-electron chi connectivity index (χ1n) is 32.8. The van der Waals surface area contributed by atoms with Crippen molar-refractivity contribution in [1.29, 1.82) is 0 Å². The first-order valence-corrected chi connectivity index (χ1v) is 32.8. The Kier molecular flexibility index (Phi) is 57.9. The smallest absolute Gasteiger partial charge is 0.361 e. The van der Waals surface area contributed by atoms with Crippen molar-refractivity contribution in [2.45, 2.75) is 296 Å². The zero-order chi connectivity index (χ0) is 57.6. The fourth-order valence-corrected chi connectivity index (χ4v) is 9.17. The molecule has 9 heteroatoms. The Morgan fingerprint density at radius 1 is 0.392 bits per heavy atom. The average molecular weight is 1110 g/mol. The lowest BCUT2D eigenvalue weighted by atomic mass is 10.0. The number of carboxylic acids is 1. The molecule has 2 unspecified atom stereocenters. The van der Waals surface area contributed by atoms with Gasteiger partial charge in [0.1, 0.15) is 13.2 Å². The van der Waals surface area contributed by atoms with Gasteiger partial charge in [-0.15, -0.1) is 0 Å². The Morgan fingerprint density at radius 2 is 0.722 bits per heavy atom. The number of hydrogen-bond donors (Lipinski definition) is 1. The van der Waals surface area contributed by atoms with Crippen LogP contribution in [0.3, 0.4) is 0 Å². The van der Waals surface area contributed by atoms with Crippen molar-refractivity contribution in [3.63, 3.8) is 0 Å². The molecule has 0 heterocycles. The van der Waals surface area contributed by atoms with Gasteiger partial charge in [-0.2, -0.15) is 0 Å². The minimum absolute atomic E-state index is 0.180. The average Bonchev–Trinajstić information content (AvgIpc) is 3.42. The van der Waals surface area contributed by atoms with Gasteiger partial charge in [-0.25, -0.2) is 4.79 Å². The molecule has 0 fully saturated rings. The maximum atomic E-state index is 12.9. The molecule has 0 saturated carbocycles. The van der Waals surface area contributed by atoms with Gasteiger partial charge < -0.3 is 28.5 Å². The molecule has 456 valence electrons. The van der Waals surface area contributed by atoms with Crippen LogP contribution < -0.4 is 0 Å². The van der Waals surface area contributed by atoms with Crippen molar-refractivity contribution in [3.8, 4) is 0 Å². The normalized spacial score (nSPS) is 13.3. The molecule has 0 amide bonds. The van der Waals surface area contributed by atoms with Gasteiger partial charge in [0.25, 0.3) is 6.29 Å². The van der Waals surface area contributed by atoms with E-state index in [-0.39, 0.29) is 32.2 Å². The van der Waals surface area contributed by atoms with E-state index in [0.717, 1.165) is 83.5 Å². The van der Waals surface area contributed by atoms with Crippen molar-refractivity contribution in [2.24, 2.45) is 0 Å². The summed E-state index contributed by atoms with van der Waals surface area (Å²) in [7, 11) is 5.98. The molecule has 0 bridgehead atoms. The number of carbonyl (C=O) groups excluding carboxylic acids is 2. The number of esters is 2. The Bertz CT molecular complexity index is 1570. The molecular weight excluding hydrogens is 983 g/mol. The monoisotopic (exact) mass is 1110 g/mol. The Labute approximate surface area is 487 Å². The lowest BCUT2D eigenvalue weighted by Gasteiger charge is -2.25. The number of carboxylic acid groups (broad SMARTS) is 1. The number of hydrogen-bond acceptors (Lipinski definition) is 7. The number of aliphatic carboxylic acids is 1. The fraction of sp³-hybridized carbons (Fsp3) is 0.757. The van der Waals surface area contributed by atoms with Crippen LogP contribution in [0.4, 0.5) is 0 Å². The van der Waals surface area contributed by atoms with Gasteiger partial charge in [-0.05, 0) is 70.6 Å². The minimum atomic E-state index is -1.51. The second-order valence-corrected chi connectivity index (χ2v) is 23.1. The molecule has 0 aromatic rings. The molecule has 1 N–H and O–H groups in total. The van der Waals surface area contributed by atoms with E-state index in [2.05, 4.69) is 98.9 Å². The Morgan fingerprint density at radius 3 is 1.08 bits per heavy atom. The van der Waals surface area contributed by atoms with Gasteiger partial charge in [-0.1, -0.05) is 285 Å². The van der Waals surface area contributed by atoms with Crippen LogP contribution in [0.25, 0.3) is 0 Å². The summed E-state index contributed by atoms with van der Waals surface area (Å²) in [6.45, 7) is 4.79. The highest BCUT2D eigenvalue weighted by atomic mass is 16.7. The molecular formula is C70H124NO8+. The summed E-state index contributed by atoms with van der Waals surface area (Å²) in [5.74, 6) is -1.99. The number of unbranched alkanes of at least 4 members (excludes halogenated alkanes) is 31. The predicted octanol–water partition coefficient (Wildman–Crippen LogP) is 19.9. The maximum Gasteiger partial charge on any atom is 0.361 e. The van der Waals surface area contributed by atoms with Crippen LogP contribution in [0.5, 0.6) is 0 Å². The van der Waals surface area contributed by atoms with Crippen molar-refractivity contribution in [3.05, 3.63) is 85.1 Å². The third kappa shape index (κ3) is 61.9. The maximum absolute atomic E-state index is 12.9. The molecule has 0 radical (unpaired) electrons. The molecule has 0 aromatic carbocycles. The highest BCUT2D eigenvalue weighted by Crippen LogP contribution is 2.17. The molecule has 0 saturated heterocycles. The quantitative estimate of drug-likeness (QED) is 0.0211. The second-order valence-electron chi connectivity index (χ2n) is 23.1. The van der Waals surface area contributed by atoms with Crippen molar-refractivity contribution in [2.75, 3.05) is 47.5 Å². The molecule has 0 aliphatic heterocycles. The summed E-state index contributed by atoms with van der Waals surface area (Å²) >= 11 is 0. The minimum Gasteiger partial charge on any atom is -0.477 e. The summed E-state index contributed by atoms with van der Waals surface area (Å²) < 4.78 is 22.9. The van der Waals surface area contributed by atoms with Crippen LogP contribution in [-0.4, -0.2) is 87.4 Å². The van der Waals surface area contributed by atoms with Crippen LogP contribution in [0.2, 0.25) is 0 Å². The zero-order valence-corrected chi connectivity index (χ0v) is 52.0. The van der Waals surface area contributed by atoms with Crippen LogP contribution in [0.1, 0.15) is 284 Å². The lowest BCUT2D eigenvalue weighted by molar-refractivity contribution is -0.870. The molecule has 0 aromatic heterocycles. The fourth-order valence-electron chi connectivity index (χ4n) is 9.17. The second kappa shape index (κ2) is 60.6. The molecule has 0 spiro atoms. The molecule has 79 heavy (non-hydrogen) atoms. The molecule has 0 aliphatic rings. The molecule has 0 aliphatic carbocycles. The number of carbonyl (C=O) groups is 3. The number of allylic oxidation sites excluding steroid dienone is 14. The van der Waals surface area contributed by atoms with Crippen LogP contribution in [0, 0.1) is 0 Å². The van der Waals surface area contributed by atoms with Gasteiger partial charge in [0.15, 0.2) is 6.10 Å². The first kappa shape index (κ1) is 75.5. The number of quaternary nitrogens is 1. The van der Waals surface area contributed by atoms with E-state index in [1.54, 1.807) is 0 Å². The van der Waals surface area contributed by atoms with E-state index < -0.39 is 24.3 Å². The first-order chi connectivity index (χ1) is 38.6. The van der Waals surface area contributed by atoms with E-state index in [9.17, 15) is 19.5 Å². The van der Waals surface area contributed by atoms with E-state index in [4.69, 9.17) is 18.9 Å².